The fourth-order valence-corrected chi connectivity index (χ4v) is 3.03. The van der Waals surface area contributed by atoms with E-state index >= 15 is 0 Å². The lowest BCUT2D eigenvalue weighted by atomic mass is 10.1. The van der Waals surface area contributed by atoms with Gasteiger partial charge in [0.15, 0.2) is 0 Å². The lowest BCUT2D eigenvalue weighted by molar-refractivity contribution is 0.204. The normalized spacial score (nSPS) is 11.8. The summed E-state index contributed by atoms with van der Waals surface area (Å²) in [6.45, 7) is 0.617. The van der Waals surface area contributed by atoms with Gasteiger partial charge in [0, 0.05) is 19.0 Å². The van der Waals surface area contributed by atoms with E-state index in [0.717, 1.165) is 10.8 Å². The van der Waals surface area contributed by atoms with Gasteiger partial charge in [-0.1, -0.05) is 36.4 Å². The van der Waals surface area contributed by atoms with E-state index in [-0.39, 0.29) is 6.54 Å². The van der Waals surface area contributed by atoms with Crippen molar-refractivity contribution in [3.8, 4) is 0 Å². The van der Waals surface area contributed by atoms with Gasteiger partial charge in [-0.3, -0.25) is 0 Å². The van der Waals surface area contributed by atoms with Crippen molar-refractivity contribution in [3.63, 3.8) is 0 Å². The second-order valence-electron chi connectivity index (χ2n) is 3.87. The molecule has 0 heterocycles. The molecule has 0 aromatic heterocycles. The standard InChI is InChI=1S/C13H15NO3S/c1-17-10-9-14-18(15,16)13-8-4-6-11-5-2-3-7-12(11)13/h2-8,14H,9-10H2,1H3. The Morgan fingerprint density at radius 1 is 1.11 bits per heavy atom. The van der Waals surface area contributed by atoms with Crippen molar-refractivity contribution in [2.75, 3.05) is 20.3 Å². The molecule has 0 saturated carbocycles. The summed E-state index contributed by atoms with van der Waals surface area (Å²) in [6.07, 6.45) is 0. The van der Waals surface area contributed by atoms with E-state index in [9.17, 15) is 8.42 Å². The predicted octanol–water partition coefficient (Wildman–Crippen LogP) is 1.76. The number of nitrogens with one attached hydrogen (secondary N) is 1. The molecular formula is C13H15NO3S. The highest BCUT2D eigenvalue weighted by Gasteiger charge is 2.15. The minimum Gasteiger partial charge on any atom is -0.383 e. The van der Waals surface area contributed by atoms with Crippen molar-refractivity contribution in [1.82, 2.24) is 4.72 Å². The predicted molar refractivity (Wildman–Crippen MR) is 71.0 cm³/mol. The molecule has 2 aromatic carbocycles. The third-order valence-electron chi connectivity index (χ3n) is 2.64. The number of fused-ring (bicyclic) bond motifs is 1. The second kappa shape index (κ2) is 5.48. The summed E-state index contributed by atoms with van der Waals surface area (Å²) >= 11 is 0. The highest BCUT2D eigenvalue weighted by molar-refractivity contribution is 7.89. The van der Waals surface area contributed by atoms with Crippen LogP contribution in [0.5, 0.6) is 0 Å². The Labute approximate surface area is 107 Å². The van der Waals surface area contributed by atoms with Crippen LogP contribution < -0.4 is 4.72 Å². The molecule has 0 spiro atoms. The van der Waals surface area contributed by atoms with Gasteiger partial charge >= 0.3 is 0 Å². The van der Waals surface area contributed by atoms with Crippen LogP contribution in [0.1, 0.15) is 0 Å². The average Bonchev–Trinajstić information content (AvgIpc) is 2.38. The molecule has 0 bridgehead atoms. The lowest BCUT2D eigenvalue weighted by Gasteiger charge is -2.09. The molecule has 0 aliphatic heterocycles. The van der Waals surface area contributed by atoms with Gasteiger partial charge in [-0.2, -0.15) is 0 Å². The number of methoxy groups -OCH3 is 1. The maximum absolute atomic E-state index is 12.2. The van der Waals surface area contributed by atoms with Crippen LogP contribution >= 0.6 is 0 Å². The fourth-order valence-electron chi connectivity index (χ4n) is 1.79. The largest absolute Gasteiger partial charge is 0.383 e. The molecule has 0 aliphatic rings. The first-order valence-electron chi connectivity index (χ1n) is 5.61. The quantitative estimate of drug-likeness (QED) is 0.838. The second-order valence-corrected chi connectivity index (χ2v) is 5.60. The van der Waals surface area contributed by atoms with Crippen LogP contribution in [0.2, 0.25) is 0 Å². The van der Waals surface area contributed by atoms with Crippen LogP contribution in [0.3, 0.4) is 0 Å². The van der Waals surface area contributed by atoms with Crippen LogP contribution in [0.15, 0.2) is 47.4 Å². The molecule has 96 valence electrons. The zero-order valence-corrected chi connectivity index (χ0v) is 10.9. The Kier molecular flexibility index (Phi) is 3.96. The monoisotopic (exact) mass is 265 g/mol. The van der Waals surface area contributed by atoms with Crippen molar-refractivity contribution >= 4 is 20.8 Å². The molecule has 2 rings (SSSR count). The molecule has 0 atom stereocenters. The van der Waals surface area contributed by atoms with Gasteiger partial charge in [0.2, 0.25) is 10.0 Å². The fraction of sp³-hybridized carbons (Fsp3) is 0.231. The third-order valence-corrected chi connectivity index (χ3v) is 4.16. The molecule has 0 radical (unpaired) electrons. The Morgan fingerprint density at radius 2 is 1.83 bits per heavy atom. The van der Waals surface area contributed by atoms with Crippen molar-refractivity contribution in [2.45, 2.75) is 4.90 Å². The Balaban J connectivity index is 2.41. The molecule has 4 nitrogen and oxygen atoms in total. The summed E-state index contributed by atoms with van der Waals surface area (Å²) in [5.74, 6) is 0. The number of hydrogen-bond donors (Lipinski definition) is 1. The Hall–Kier alpha value is -1.43. The first-order chi connectivity index (χ1) is 8.65. The maximum Gasteiger partial charge on any atom is 0.241 e. The summed E-state index contributed by atoms with van der Waals surface area (Å²) in [5, 5.41) is 1.64. The molecule has 0 saturated heterocycles. The van der Waals surface area contributed by atoms with E-state index in [1.807, 2.05) is 24.3 Å². The van der Waals surface area contributed by atoms with Crippen molar-refractivity contribution in [2.24, 2.45) is 0 Å². The van der Waals surface area contributed by atoms with E-state index in [1.165, 1.54) is 7.11 Å². The van der Waals surface area contributed by atoms with E-state index in [4.69, 9.17) is 4.74 Å². The Morgan fingerprint density at radius 3 is 2.61 bits per heavy atom. The van der Waals surface area contributed by atoms with E-state index in [1.54, 1.807) is 18.2 Å². The highest BCUT2D eigenvalue weighted by Crippen LogP contribution is 2.22. The van der Waals surface area contributed by atoms with Crippen molar-refractivity contribution < 1.29 is 13.2 Å². The van der Waals surface area contributed by atoms with Crippen LogP contribution in [-0.4, -0.2) is 28.7 Å². The highest BCUT2D eigenvalue weighted by atomic mass is 32.2. The summed E-state index contributed by atoms with van der Waals surface area (Å²) in [7, 11) is -1.96. The number of sulfonamides is 1. The minimum atomic E-state index is -3.49. The van der Waals surface area contributed by atoms with Gasteiger partial charge in [0.1, 0.15) is 0 Å². The average molecular weight is 265 g/mol. The number of ether oxygens (including phenoxy) is 1. The lowest BCUT2D eigenvalue weighted by Crippen LogP contribution is -2.27. The topological polar surface area (TPSA) is 55.4 Å². The van der Waals surface area contributed by atoms with Gasteiger partial charge in [-0.15, -0.1) is 0 Å². The summed E-state index contributed by atoms with van der Waals surface area (Å²) < 4.78 is 31.7. The van der Waals surface area contributed by atoms with Gasteiger partial charge in [0.05, 0.1) is 11.5 Å². The van der Waals surface area contributed by atoms with Crippen LogP contribution in [0.4, 0.5) is 0 Å². The number of rotatable bonds is 5. The first-order valence-corrected chi connectivity index (χ1v) is 7.10. The molecule has 2 aromatic rings. The van der Waals surface area contributed by atoms with Crippen LogP contribution in [-0.2, 0) is 14.8 Å². The molecule has 18 heavy (non-hydrogen) atoms. The van der Waals surface area contributed by atoms with Gasteiger partial charge in [0.25, 0.3) is 0 Å². The summed E-state index contributed by atoms with van der Waals surface area (Å²) in [4.78, 5) is 0.303. The minimum absolute atomic E-state index is 0.266. The molecule has 0 amide bonds. The maximum atomic E-state index is 12.2. The first kappa shape index (κ1) is 13.0. The van der Waals surface area contributed by atoms with Gasteiger partial charge in [-0.05, 0) is 11.5 Å². The molecular weight excluding hydrogens is 250 g/mol. The van der Waals surface area contributed by atoms with Gasteiger partial charge in [-0.25, -0.2) is 13.1 Å². The smallest absolute Gasteiger partial charge is 0.241 e. The van der Waals surface area contributed by atoms with Crippen LogP contribution in [0, 0.1) is 0 Å². The molecule has 0 fully saturated rings. The summed E-state index contributed by atoms with van der Waals surface area (Å²) in [6, 6.07) is 12.7. The molecule has 0 aliphatic carbocycles. The summed E-state index contributed by atoms with van der Waals surface area (Å²) in [5.41, 5.74) is 0. The number of benzene rings is 2. The number of hydrogen-bond acceptors (Lipinski definition) is 3. The Bertz CT molecular complexity index is 632. The molecule has 1 N–H and O–H groups in total. The van der Waals surface area contributed by atoms with E-state index in [0.29, 0.717) is 11.5 Å². The zero-order chi connectivity index (χ0) is 13.0. The van der Waals surface area contributed by atoms with E-state index in [2.05, 4.69) is 4.72 Å². The van der Waals surface area contributed by atoms with Crippen LogP contribution in [0.25, 0.3) is 10.8 Å². The molecule has 0 unspecified atom stereocenters. The third kappa shape index (κ3) is 2.69. The van der Waals surface area contributed by atoms with E-state index < -0.39 is 10.0 Å². The molecule has 5 heteroatoms. The van der Waals surface area contributed by atoms with Crippen molar-refractivity contribution in [1.29, 1.82) is 0 Å². The zero-order valence-electron chi connectivity index (χ0n) is 10.1. The SMILES string of the molecule is COCCNS(=O)(=O)c1cccc2ccccc12. The van der Waals surface area contributed by atoms with Gasteiger partial charge < -0.3 is 4.74 Å². The van der Waals surface area contributed by atoms with Crippen molar-refractivity contribution in [3.05, 3.63) is 42.5 Å².